The fourth-order valence-electron chi connectivity index (χ4n) is 3.63. The molecule has 0 saturated heterocycles. The molecule has 0 bridgehead atoms. The number of carbonyl (C=O) groups is 1. The average Bonchev–Trinajstić information content (AvgIpc) is 2.73. The van der Waals surface area contributed by atoms with Gasteiger partial charge in [-0.2, -0.15) is 4.31 Å². The maximum absolute atomic E-state index is 13.7. The average molecular weight is 472 g/mol. The number of nitrogens with one attached hydrogen (secondary N) is 1. The predicted molar refractivity (Wildman–Crippen MR) is 126 cm³/mol. The van der Waals surface area contributed by atoms with Crippen molar-refractivity contribution in [2.24, 2.45) is 0 Å². The smallest absolute Gasteiger partial charge is 0.244 e. The molecule has 168 valence electrons. The van der Waals surface area contributed by atoms with E-state index in [1.165, 1.54) is 4.31 Å². The molecule has 0 spiro atoms. The van der Waals surface area contributed by atoms with E-state index < -0.39 is 15.9 Å². The summed E-state index contributed by atoms with van der Waals surface area (Å²) in [6.07, 6.45) is 1.64. The highest BCUT2D eigenvalue weighted by molar-refractivity contribution is 7.89. The molecule has 1 N–H and O–H groups in total. The molecule has 0 fully saturated rings. The molecule has 2 aromatic carbocycles. The Kier molecular flexibility index (Phi) is 7.66. The van der Waals surface area contributed by atoms with Crippen LogP contribution in [0.5, 0.6) is 0 Å². The van der Waals surface area contributed by atoms with Crippen LogP contribution < -0.4 is 5.32 Å². The maximum Gasteiger partial charge on any atom is 0.244 e. The van der Waals surface area contributed by atoms with E-state index >= 15 is 0 Å². The van der Waals surface area contributed by atoms with Crippen LogP contribution in [0.3, 0.4) is 0 Å². The highest BCUT2D eigenvalue weighted by Crippen LogP contribution is 2.26. The van der Waals surface area contributed by atoms with Gasteiger partial charge in [0.25, 0.3) is 0 Å². The van der Waals surface area contributed by atoms with Crippen molar-refractivity contribution in [1.29, 1.82) is 0 Å². The molecule has 32 heavy (non-hydrogen) atoms. The van der Waals surface area contributed by atoms with Crippen molar-refractivity contribution in [3.8, 4) is 0 Å². The summed E-state index contributed by atoms with van der Waals surface area (Å²) in [5, 5.41) is 3.31. The lowest BCUT2D eigenvalue weighted by atomic mass is 10.1. The normalized spacial score (nSPS) is 11.5. The molecule has 3 rings (SSSR count). The number of nitrogens with zero attached hydrogens (tertiary/aromatic N) is 2. The number of hydrogen-bond acceptors (Lipinski definition) is 4. The second kappa shape index (κ2) is 10.3. The second-order valence-corrected chi connectivity index (χ2v) is 10.0. The zero-order valence-electron chi connectivity index (χ0n) is 18.3. The Hall–Kier alpha value is -2.74. The number of sulfonamides is 1. The first-order chi connectivity index (χ1) is 15.2. The fraction of sp³-hybridized carbons (Fsp3) is 0.250. The number of amides is 1. The van der Waals surface area contributed by atoms with E-state index in [4.69, 9.17) is 11.6 Å². The largest absolute Gasteiger partial charge is 0.349 e. The van der Waals surface area contributed by atoms with Crippen LogP contribution in [0.2, 0.25) is 5.02 Å². The minimum atomic E-state index is -3.94. The van der Waals surface area contributed by atoms with Gasteiger partial charge in [-0.1, -0.05) is 47.5 Å². The number of aromatic nitrogens is 1. The molecule has 0 aliphatic rings. The highest BCUT2D eigenvalue weighted by atomic mass is 35.5. The Morgan fingerprint density at radius 3 is 2.28 bits per heavy atom. The third-order valence-electron chi connectivity index (χ3n) is 4.99. The summed E-state index contributed by atoms with van der Waals surface area (Å²) in [5.74, 6) is -0.407. The van der Waals surface area contributed by atoms with Gasteiger partial charge in [-0.3, -0.25) is 9.78 Å². The molecule has 0 radical (unpaired) electrons. The number of hydrogen-bond donors (Lipinski definition) is 1. The number of aryl methyl sites for hydroxylation is 3. The molecule has 0 atom stereocenters. The Morgan fingerprint density at radius 1 is 1.03 bits per heavy atom. The number of pyridine rings is 1. The Balaban J connectivity index is 1.89. The molecule has 1 heterocycles. The molecule has 1 aromatic heterocycles. The lowest BCUT2D eigenvalue weighted by Gasteiger charge is -2.24. The minimum Gasteiger partial charge on any atom is -0.349 e. The Labute approximate surface area is 194 Å². The van der Waals surface area contributed by atoms with Gasteiger partial charge in [0.15, 0.2) is 0 Å². The zero-order chi connectivity index (χ0) is 23.3. The zero-order valence-corrected chi connectivity index (χ0v) is 19.9. The van der Waals surface area contributed by atoms with Crippen molar-refractivity contribution in [3.63, 3.8) is 0 Å². The number of carbonyl (C=O) groups excluding carboxylic acids is 1. The first kappa shape index (κ1) is 23.9. The van der Waals surface area contributed by atoms with Crippen LogP contribution >= 0.6 is 11.6 Å². The van der Waals surface area contributed by atoms with E-state index in [2.05, 4.69) is 10.3 Å². The first-order valence-electron chi connectivity index (χ1n) is 10.2. The molecule has 0 unspecified atom stereocenters. The van der Waals surface area contributed by atoms with Crippen molar-refractivity contribution in [3.05, 3.63) is 93.8 Å². The summed E-state index contributed by atoms with van der Waals surface area (Å²) in [4.78, 5) is 17.1. The summed E-state index contributed by atoms with van der Waals surface area (Å²) in [6.45, 7) is 5.42. The van der Waals surface area contributed by atoms with E-state index in [1.54, 1.807) is 56.4 Å². The van der Waals surface area contributed by atoms with Crippen LogP contribution in [0.4, 0.5) is 0 Å². The van der Waals surface area contributed by atoms with Crippen molar-refractivity contribution >= 4 is 27.5 Å². The summed E-state index contributed by atoms with van der Waals surface area (Å²) in [7, 11) is -3.94. The minimum absolute atomic E-state index is 0.0449. The van der Waals surface area contributed by atoms with Crippen LogP contribution in [0.1, 0.15) is 27.9 Å². The molecule has 3 aromatic rings. The maximum atomic E-state index is 13.7. The van der Waals surface area contributed by atoms with E-state index in [-0.39, 0.29) is 24.5 Å². The van der Waals surface area contributed by atoms with Gasteiger partial charge in [-0.25, -0.2) is 8.42 Å². The third kappa shape index (κ3) is 5.94. The second-order valence-electron chi connectivity index (χ2n) is 7.73. The standard InChI is InChI=1S/C24H26ClN3O3S/c1-17-12-18(2)24(19(3)13-17)32(30,31)28(15-20-7-9-21(25)10-8-20)16-23(29)27-14-22-6-4-5-11-26-22/h4-13H,14-16H2,1-3H3,(H,27,29). The van der Waals surface area contributed by atoms with Crippen molar-refractivity contribution < 1.29 is 13.2 Å². The van der Waals surface area contributed by atoms with Gasteiger partial charge in [0, 0.05) is 17.8 Å². The molecular weight excluding hydrogens is 446 g/mol. The van der Waals surface area contributed by atoms with Gasteiger partial charge in [-0.15, -0.1) is 0 Å². The predicted octanol–water partition coefficient (Wildman–Crippen LogP) is 4.17. The van der Waals surface area contributed by atoms with Crippen molar-refractivity contribution in [1.82, 2.24) is 14.6 Å². The number of halogens is 1. The summed E-state index contributed by atoms with van der Waals surface area (Å²) in [6, 6.07) is 16.0. The Morgan fingerprint density at radius 2 is 1.69 bits per heavy atom. The van der Waals surface area contributed by atoms with E-state index in [1.807, 2.05) is 25.1 Å². The lowest BCUT2D eigenvalue weighted by Crippen LogP contribution is -2.40. The summed E-state index contributed by atoms with van der Waals surface area (Å²) >= 11 is 5.97. The summed E-state index contributed by atoms with van der Waals surface area (Å²) in [5.41, 5.74) is 3.71. The van der Waals surface area contributed by atoms with Crippen LogP contribution in [0, 0.1) is 20.8 Å². The lowest BCUT2D eigenvalue weighted by molar-refractivity contribution is -0.121. The quantitative estimate of drug-likeness (QED) is 0.534. The number of rotatable bonds is 8. The molecule has 0 aliphatic carbocycles. The number of benzene rings is 2. The molecule has 1 amide bonds. The fourth-order valence-corrected chi connectivity index (χ4v) is 5.55. The van der Waals surface area contributed by atoms with Crippen molar-refractivity contribution in [2.75, 3.05) is 6.54 Å². The van der Waals surface area contributed by atoms with E-state index in [0.717, 1.165) is 11.1 Å². The third-order valence-corrected chi connectivity index (χ3v) is 7.34. The van der Waals surface area contributed by atoms with Gasteiger partial charge >= 0.3 is 0 Å². The van der Waals surface area contributed by atoms with Crippen LogP contribution in [0.25, 0.3) is 0 Å². The highest BCUT2D eigenvalue weighted by Gasteiger charge is 2.30. The molecule has 8 heteroatoms. The molecular formula is C24H26ClN3O3S. The van der Waals surface area contributed by atoms with Gasteiger partial charge in [0.2, 0.25) is 15.9 Å². The topological polar surface area (TPSA) is 79.4 Å². The van der Waals surface area contributed by atoms with E-state index in [0.29, 0.717) is 21.8 Å². The van der Waals surface area contributed by atoms with Gasteiger partial charge in [0.05, 0.1) is 23.7 Å². The SMILES string of the molecule is Cc1cc(C)c(S(=O)(=O)N(CC(=O)NCc2ccccn2)Cc2ccc(Cl)cc2)c(C)c1. The van der Waals surface area contributed by atoms with Crippen LogP contribution in [-0.4, -0.2) is 30.2 Å². The van der Waals surface area contributed by atoms with E-state index in [9.17, 15) is 13.2 Å². The van der Waals surface area contributed by atoms with Gasteiger partial charge in [-0.05, 0) is 61.7 Å². The Bertz CT molecular complexity index is 1170. The summed E-state index contributed by atoms with van der Waals surface area (Å²) < 4.78 is 28.6. The van der Waals surface area contributed by atoms with Crippen molar-refractivity contribution in [2.45, 2.75) is 38.8 Å². The van der Waals surface area contributed by atoms with Gasteiger partial charge in [0.1, 0.15) is 0 Å². The first-order valence-corrected chi connectivity index (χ1v) is 12.0. The molecule has 6 nitrogen and oxygen atoms in total. The molecule has 0 saturated carbocycles. The monoisotopic (exact) mass is 471 g/mol. The molecule has 0 aliphatic heterocycles. The van der Waals surface area contributed by atoms with Crippen LogP contribution in [0.15, 0.2) is 65.7 Å². The van der Waals surface area contributed by atoms with Crippen LogP contribution in [-0.2, 0) is 27.9 Å². The van der Waals surface area contributed by atoms with Gasteiger partial charge < -0.3 is 5.32 Å².